The molecule has 0 spiro atoms. The lowest BCUT2D eigenvalue weighted by atomic mass is 10.1. The number of halogens is 3. The Balaban J connectivity index is 2.01. The number of alkyl halides is 2. The van der Waals surface area contributed by atoms with Crippen LogP contribution in [-0.2, 0) is 4.74 Å². The van der Waals surface area contributed by atoms with Crippen LogP contribution in [-0.4, -0.2) is 22.6 Å². The van der Waals surface area contributed by atoms with Crippen molar-refractivity contribution in [2.75, 3.05) is 7.11 Å². The van der Waals surface area contributed by atoms with Crippen molar-refractivity contribution in [2.24, 2.45) is 0 Å². The molecule has 0 aliphatic heterocycles. The molecule has 0 unspecified atom stereocenters. The Morgan fingerprint density at radius 1 is 1.20 bits per heavy atom. The van der Waals surface area contributed by atoms with Gasteiger partial charge in [0.15, 0.2) is 5.82 Å². The molecule has 3 aromatic rings. The van der Waals surface area contributed by atoms with E-state index in [1.165, 1.54) is 13.2 Å². The van der Waals surface area contributed by atoms with E-state index in [0.717, 1.165) is 4.57 Å². The summed E-state index contributed by atoms with van der Waals surface area (Å²) in [4.78, 5) is 15.6. The number of esters is 1. The zero-order valence-electron chi connectivity index (χ0n) is 13.1. The number of hydrogen-bond donors (Lipinski definition) is 0. The van der Waals surface area contributed by atoms with Crippen LogP contribution in [0.5, 0.6) is 0 Å². The largest absolute Gasteiger partial charge is 0.465 e. The van der Waals surface area contributed by atoms with Crippen LogP contribution >= 0.6 is 11.6 Å². The molecule has 0 saturated heterocycles. The summed E-state index contributed by atoms with van der Waals surface area (Å²) in [6.07, 6.45) is 1.52. The van der Waals surface area contributed by atoms with E-state index in [4.69, 9.17) is 11.6 Å². The topological polar surface area (TPSA) is 44.1 Å². The van der Waals surface area contributed by atoms with Crippen molar-refractivity contribution in [2.45, 2.75) is 6.55 Å². The van der Waals surface area contributed by atoms with Gasteiger partial charge in [0, 0.05) is 0 Å². The summed E-state index contributed by atoms with van der Waals surface area (Å²) < 4.78 is 32.3. The number of fused-ring (bicyclic) bond motifs is 1. The van der Waals surface area contributed by atoms with Crippen molar-refractivity contribution >= 4 is 39.7 Å². The van der Waals surface area contributed by atoms with Crippen molar-refractivity contribution in [1.82, 2.24) is 9.55 Å². The maximum absolute atomic E-state index is 13.5. The first-order chi connectivity index (χ1) is 12.0. The van der Waals surface area contributed by atoms with E-state index < -0.39 is 12.5 Å². The average Bonchev–Trinajstić information content (AvgIpc) is 3.01. The summed E-state index contributed by atoms with van der Waals surface area (Å²) in [6.45, 7) is -2.77. The summed E-state index contributed by atoms with van der Waals surface area (Å²) >= 11 is 6.24. The van der Waals surface area contributed by atoms with E-state index in [0.29, 0.717) is 22.2 Å². The monoisotopic (exact) mass is 362 g/mol. The highest BCUT2D eigenvalue weighted by molar-refractivity contribution is 6.50. The maximum atomic E-state index is 13.5. The van der Waals surface area contributed by atoms with Crippen molar-refractivity contribution in [1.29, 1.82) is 0 Å². The quantitative estimate of drug-likeness (QED) is 0.616. The van der Waals surface area contributed by atoms with Crippen LogP contribution < -0.4 is 0 Å². The van der Waals surface area contributed by atoms with Gasteiger partial charge in [-0.2, -0.15) is 8.78 Å². The Labute approximate surface area is 147 Å². The number of imidazole rings is 1. The van der Waals surface area contributed by atoms with Gasteiger partial charge in [0.05, 0.1) is 28.7 Å². The molecule has 2 aromatic carbocycles. The summed E-state index contributed by atoms with van der Waals surface area (Å²) in [6, 6.07) is 13.0. The highest BCUT2D eigenvalue weighted by Gasteiger charge is 2.19. The van der Waals surface area contributed by atoms with Gasteiger partial charge in [0.2, 0.25) is 0 Å². The molecule has 25 heavy (non-hydrogen) atoms. The number of rotatable bonds is 4. The molecule has 1 aromatic heterocycles. The fraction of sp³-hybridized carbons (Fsp3) is 0.111. The maximum Gasteiger partial charge on any atom is 0.337 e. The molecule has 0 N–H and O–H groups in total. The molecule has 0 atom stereocenters. The van der Waals surface area contributed by atoms with Crippen LogP contribution in [0, 0.1) is 0 Å². The van der Waals surface area contributed by atoms with Gasteiger partial charge in [-0.05, 0) is 35.9 Å². The van der Waals surface area contributed by atoms with Crippen molar-refractivity contribution in [3.63, 3.8) is 0 Å². The SMILES string of the molecule is COC(=O)c1ccc(C=C(Cl)c2nc3ccccc3n2C(F)F)cc1. The number of carbonyl (C=O) groups excluding carboxylic acids is 1. The second-order valence-electron chi connectivity index (χ2n) is 5.18. The summed E-state index contributed by atoms with van der Waals surface area (Å²) in [5.41, 5.74) is 1.77. The number of nitrogens with zero attached hydrogens (tertiary/aromatic N) is 2. The minimum atomic E-state index is -2.77. The Morgan fingerprint density at radius 3 is 2.52 bits per heavy atom. The minimum Gasteiger partial charge on any atom is -0.465 e. The number of ether oxygens (including phenoxy) is 1. The van der Waals surface area contributed by atoms with Gasteiger partial charge in [-0.3, -0.25) is 4.57 Å². The Hall–Kier alpha value is -2.73. The van der Waals surface area contributed by atoms with E-state index in [2.05, 4.69) is 9.72 Å². The van der Waals surface area contributed by atoms with Crippen molar-refractivity contribution in [3.8, 4) is 0 Å². The molecule has 7 heteroatoms. The van der Waals surface area contributed by atoms with Gasteiger partial charge >= 0.3 is 12.5 Å². The van der Waals surface area contributed by atoms with Crippen LogP contribution in [0.3, 0.4) is 0 Å². The molecule has 0 saturated carbocycles. The van der Waals surface area contributed by atoms with Crippen LogP contribution in [0.15, 0.2) is 48.5 Å². The number of hydrogen-bond acceptors (Lipinski definition) is 3. The molecule has 0 bridgehead atoms. The van der Waals surface area contributed by atoms with Gasteiger partial charge in [-0.15, -0.1) is 0 Å². The molecular formula is C18H13ClF2N2O2. The molecule has 0 aliphatic rings. The molecule has 0 fully saturated rings. The van der Waals surface area contributed by atoms with Gasteiger partial charge < -0.3 is 4.74 Å². The predicted octanol–water partition coefficient (Wildman–Crippen LogP) is 4.95. The third-order valence-electron chi connectivity index (χ3n) is 3.63. The summed E-state index contributed by atoms with van der Waals surface area (Å²) in [7, 11) is 1.29. The second-order valence-corrected chi connectivity index (χ2v) is 5.58. The van der Waals surface area contributed by atoms with Gasteiger partial charge in [0.1, 0.15) is 0 Å². The van der Waals surface area contributed by atoms with Gasteiger partial charge in [-0.25, -0.2) is 9.78 Å². The Bertz CT molecular complexity index is 949. The molecule has 0 radical (unpaired) electrons. The lowest BCUT2D eigenvalue weighted by molar-refractivity contribution is 0.0600. The second kappa shape index (κ2) is 7.03. The first-order valence-corrected chi connectivity index (χ1v) is 7.70. The molecular weight excluding hydrogens is 350 g/mol. The summed E-state index contributed by atoms with van der Waals surface area (Å²) in [5, 5.41) is 0.0716. The van der Waals surface area contributed by atoms with Crippen LogP contribution in [0.25, 0.3) is 22.1 Å². The summed E-state index contributed by atoms with van der Waals surface area (Å²) in [5.74, 6) is -0.476. The standard InChI is InChI=1S/C18H13ClF2N2O2/c1-25-17(24)12-8-6-11(7-9-12)10-13(19)16-22-14-4-2-3-5-15(14)23(16)18(20)21/h2-10,18H,1H3. The molecule has 0 aliphatic carbocycles. The fourth-order valence-corrected chi connectivity index (χ4v) is 2.71. The average molecular weight is 363 g/mol. The zero-order chi connectivity index (χ0) is 18.0. The lowest BCUT2D eigenvalue weighted by Crippen LogP contribution is -2.02. The van der Waals surface area contributed by atoms with Crippen LogP contribution in [0.1, 0.15) is 28.3 Å². The Kier molecular flexibility index (Phi) is 4.81. The number of carbonyl (C=O) groups is 1. The van der Waals surface area contributed by atoms with E-state index in [-0.39, 0.29) is 10.9 Å². The van der Waals surface area contributed by atoms with Crippen molar-refractivity contribution in [3.05, 3.63) is 65.5 Å². The first kappa shape index (κ1) is 17.1. The Morgan fingerprint density at radius 2 is 1.88 bits per heavy atom. The number of methoxy groups -OCH3 is 1. The third kappa shape index (κ3) is 3.39. The molecule has 0 amide bonds. The van der Waals surface area contributed by atoms with E-state index in [1.807, 2.05) is 0 Å². The fourth-order valence-electron chi connectivity index (χ4n) is 2.45. The van der Waals surface area contributed by atoms with E-state index >= 15 is 0 Å². The molecule has 4 nitrogen and oxygen atoms in total. The smallest absolute Gasteiger partial charge is 0.337 e. The molecule has 128 valence electrons. The molecule has 3 rings (SSSR count). The van der Waals surface area contributed by atoms with Crippen LogP contribution in [0.4, 0.5) is 8.78 Å². The minimum absolute atomic E-state index is 0.0186. The van der Waals surface area contributed by atoms with Crippen molar-refractivity contribution < 1.29 is 18.3 Å². The lowest BCUT2D eigenvalue weighted by Gasteiger charge is -2.07. The number of benzene rings is 2. The molecule has 1 heterocycles. The van der Waals surface area contributed by atoms with Gasteiger partial charge in [0.25, 0.3) is 0 Å². The predicted molar refractivity (Wildman–Crippen MR) is 92.5 cm³/mol. The van der Waals surface area contributed by atoms with E-state index in [1.54, 1.807) is 48.5 Å². The first-order valence-electron chi connectivity index (χ1n) is 7.32. The van der Waals surface area contributed by atoms with E-state index in [9.17, 15) is 13.6 Å². The van der Waals surface area contributed by atoms with Crippen LogP contribution in [0.2, 0.25) is 0 Å². The van der Waals surface area contributed by atoms with Gasteiger partial charge in [-0.1, -0.05) is 35.9 Å². The number of aromatic nitrogens is 2. The normalized spacial score (nSPS) is 12.0. The third-order valence-corrected chi connectivity index (χ3v) is 3.91. The number of para-hydroxylation sites is 2. The zero-order valence-corrected chi connectivity index (χ0v) is 13.9. The highest BCUT2D eigenvalue weighted by atomic mass is 35.5. The highest BCUT2D eigenvalue weighted by Crippen LogP contribution is 2.30.